The van der Waals surface area contributed by atoms with Crippen LogP contribution in [0.4, 0.5) is 11.5 Å². The Morgan fingerprint density at radius 1 is 1.20 bits per heavy atom. The molecule has 0 aliphatic rings. The van der Waals surface area contributed by atoms with E-state index < -0.39 is 0 Å². The second-order valence-electron chi connectivity index (χ2n) is 4.60. The maximum atomic E-state index is 10.9. The zero-order valence-electron chi connectivity index (χ0n) is 11.7. The average Bonchev–Trinajstić information content (AvgIpc) is 2.40. The van der Waals surface area contributed by atoms with Crippen molar-refractivity contribution in [2.45, 2.75) is 20.3 Å². The summed E-state index contributed by atoms with van der Waals surface area (Å²) in [5, 5.41) is 5.98. The molecule has 1 aromatic heterocycles. The van der Waals surface area contributed by atoms with Gasteiger partial charge in [0.2, 0.25) is 5.91 Å². The standard InChI is InChI=1S/C15H18N4O/c1-11-9-16-10-15(18-11)17-8-7-13-3-5-14(6-4-13)19-12(2)20/h3-6,9-10H,7-8H2,1-2H3,(H,17,18)(H,19,20). The minimum absolute atomic E-state index is 0.0579. The Hall–Kier alpha value is -2.43. The van der Waals surface area contributed by atoms with Crippen LogP contribution in [0.25, 0.3) is 0 Å². The molecule has 0 atom stereocenters. The molecule has 5 nitrogen and oxygen atoms in total. The predicted molar refractivity (Wildman–Crippen MR) is 79.7 cm³/mol. The number of carbonyl (C=O) groups is 1. The second-order valence-corrected chi connectivity index (χ2v) is 4.60. The van der Waals surface area contributed by atoms with Gasteiger partial charge in [-0.2, -0.15) is 0 Å². The Labute approximate surface area is 118 Å². The maximum Gasteiger partial charge on any atom is 0.221 e. The van der Waals surface area contributed by atoms with Gasteiger partial charge >= 0.3 is 0 Å². The van der Waals surface area contributed by atoms with Crippen molar-refractivity contribution in [3.05, 3.63) is 47.9 Å². The fourth-order valence-corrected chi connectivity index (χ4v) is 1.84. The molecule has 0 spiro atoms. The molecule has 1 amide bonds. The number of hydrogen-bond donors (Lipinski definition) is 2. The van der Waals surface area contributed by atoms with E-state index in [9.17, 15) is 4.79 Å². The van der Waals surface area contributed by atoms with Crippen LogP contribution in [-0.4, -0.2) is 22.4 Å². The van der Waals surface area contributed by atoms with Crippen LogP contribution in [0.15, 0.2) is 36.7 Å². The van der Waals surface area contributed by atoms with Crippen LogP contribution in [0.2, 0.25) is 0 Å². The smallest absolute Gasteiger partial charge is 0.221 e. The highest BCUT2D eigenvalue weighted by Gasteiger charge is 1.98. The van der Waals surface area contributed by atoms with Gasteiger partial charge in [-0.05, 0) is 31.0 Å². The molecule has 0 saturated heterocycles. The number of benzene rings is 1. The lowest BCUT2D eigenvalue weighted by Crippen LogP contribution is -2.08. The molecule has 0 bridgehead atoms. The predicted octanol–water partition coefficient (Wildman–Crippen LogP) is 2.40. The number of amides is 1. The first-order valence-corrected chi connectivity index (χ1v) is 6.52. The van der Waals surface area contributed by atoms with E-state index in [2.05, 4.69) is 20.6 Å². The number of nitrogens with one attached hydrogen (secondary N) is 2. The van der Waals surface area contributed by atoms with E-state index >= 15 is 0 Å². The number of aromatic nitrogens is 2. The Morgan fingerprint density at radius 2 is 1.95 bits per heavy atom. The van der Waals surface area contributed by atoms with E-state index in [1.165, 1.54) is 12.5 Å². The SMILES string of the molecule is CC(=O)Nc1ccc(CCNc2cncc(C)n2)cc1. The molecular weight excluding hydrogens is 252 g/mol. The number of carbonyl (C=O) groups excluding carboxylic acids is 1. The maximum absolute atomic E-state index is 10.9. The van der Waals surface area contributed by atoms with Crippen molar-refractivity contribution in [2.24, 2.45) is 0 Å². The van der Waals surface area contributed by atoms with Gasteiger partial charge < -0.3 is 10.6 Å². The van der Waals surface area contributed by atoms with Crippen molar-refractivity contribution in [1.29, 1.82) is 0 Å². The normalized spacial score (nSPS) is 10.1. The van der Waals surface area contributed by atoms with Gasteiger partial charge in [-0.1, -0.05) is 12.1 Å². The van der Waals surface area contributed by atoms with Gasteiger partial charge in [0.1, 0.15) is 5.82 Å². The van der Waals surface area contributed by atoms with Crippen LogP contribution in [0, 0.1) is 6.92 Å². The van der Waals surface area contributed by atoms with Crippen molar-refractivity contribution < 1.29 is 4.79 Å². The topological polar surface area (TPSA) is 66.9 Å². The number of hydrogen-bond acceptors (Lipinski definition) is 4. The molecule has 0 radical (unpaired) electrons. The van der Waals surface area contributed by atoms with Crippen LogP contribution >= 0.6 is 0 Å². The summed E-state index contributed by atoms with van der Waals surface area (Å²) in [4.78, 5) is 19.3. The molecule has 2 aromatic rings. The fourth-order valence-electron chi connectivity index (χ4n) is 1.84. The lowest BCUT2D eigenvalue weighted by Gasteiger charge is -2.07. The first-order valence-electron chi connectivity index (χ1n) is 6.52. The van der Waals surface area contributed by atoms with Crippen LogP contribution < -0.4 is 10.6 Å². The summed E-state index contributed by atoms with van der Waals surface area (Å²) >= 11 is 0. The molecule has 0 aliphatic heterocycles. The van der Waals surface area contributed by atoms with Crippen molar-refractivity contribution in [3.8, 4) is 0 Å². The van der Waals surface area contributed by atoms with Gasteiger partial charge in [-0.25, -0.2) is 4.98 Å². The van der Waals surface area contributed by atoms with Gasteiger partial charge in [0.25, 0.3) is 0 Å². The van der Waals surface area contributed by atoms with E-state index in [1.807, 2.05) is 31.2 Å². The lowest BCUT2D eigenvalue weighted by atomic mass is 10.1. The third-order valence-electron chi connectivity index (χ3n) is 2.75. The van der Waals surface area contributed by atoms with Gasteiger partial charge in [-0.3, -0.25) is 9.78 Å². The summed E-state index contributed by atoms with van der Waals surface area (Å²) in [6, 6.07) is 7.83. The molecule has 2 N–H and O–H groups in total. The molecule has 1 aromatic carbocycles. The number of aryl methyl sites for hydroxylation is 1. The molecule has 0 unspecified atom stereocenters. The summed E-state index contributed by atoms with van der Waals surface area (Å²) in [6.07, 6.45) is 4.33. The third-order valence-corrected chi connectivity index (χ3v) is 2.75. The summed E-state index contributed by atoms with van der Waals surface area (Å²) < 4.78 is 0. The monoisotopic (exact) mass is 270 g/mol. The zero-order valence-corrected chi connectivity index (χ0v) is 11.7. The second kappa shape index (κ2) is 6.65. The third kappa shape index (κ3) is 4.35. The summed E-state index contributed by atoms with van der Waals surface area (Å²) in [5.41, 5.74) is 2.92. The first kappa shape index (κ1) is 14.0. The Morgan fingerprint density at radius 3 is 2.60 bits per heavy atom. The summed E-state index contributed by atoms with van der Waals surface area (Å²) in [5.74, 6) is 0.734. The molecule has 0 aliphatic carbocycles. The van der Waals surface area contributed by atoms with E-state index in [0.29, 0.717) is 0 Å². The Kier molecular flexibility index (Phi) is 4.65. The molecule has 104 valence electrons. The fraction of sp³-hybridized carbons (Fsp3) is 0.267. The highest BCUT2D eigenvalue weighted by atomic mass is 16.1. The van der Waals surface area contributed by atoms with Gasteiger partial charge in [0, 0.05) is 25.4 Å². The van der Waals surface area contributed by atoms with Gasteiger partial charge in [-0.15, -0.1) is 0 Å². The average molecular weight is 270 g/mol. The molecule has 2 rings (SSSR count). The highest BCUT2D eigenvalue weighted by Crippen LogP contribution is 2.10. The van der Waals surface area contributed by atoms with Crippen LogP contribution in [-0.2, 0) is 11.2 Å². The van der Waals surface area contributed by atoms with Crippen molar-refractivity contribution >= 4 is 17.4 Å². The van der Waals surface area contributed by atoms with Crippen molar-refractivity contribution in [3.63, 3.8) is 0 Å². The first-order chi connectivity index (χ1) is 9.63. The van der Waals surface area contributed by atoms with Crippen molar-refractivity contribution in [2.75, 3.05) is 17.2 Å². The van der Waals surface area contributed by atoms with Crippen LogP contribution in [0.3, 0.4) is 0 Å². The molecule has 1 heterocycles. The zero-order chi connectivity index (χ0) is 14.4. The number of rotatable bonds is 5. The quantitative estimate of drug-likeness (QED) is 0.875. The Bertz CT molecular complexity index is 581. The van der Waals surface area contributed by atoms with E-state index in [-0.39, 0.29) is 5.91 Å². The summed E-state index contributed by atoms with van der Waals surface area (Å²) in [7, 11) is 0. The number of nitrogens with zero attached hydrogens (tertiary/aromatic N) is 2. The van der Waals surface area contributed by atoms with E-state index in [0.717, 1.165) is 30.2 Å². The Balaban J connectivity index is 1.83. The largest absolute Gasteiger partial charge is 0.368 e. The van der Waals surface area contributed by atoms with Gasteiger partial charge in [0.05, 0.1) is 11.9 Å². The van der Waals surface area contributed by atoms with Crippen LogP contribution in [0.5, 0.6) is 0 Å². The summed E-state index contributed by atoms with van der Waals surface area (Å²) in [6.45, 7) is 4.21. The van der Waals surface area contributed by atoms with E-state index in [1.54, 1.807) is 12.4 Å². The van der Waals surface area contributed by atoms with Gasteiger partial charge in [0.15, 0.2) is 0 Å². The minimum Gasteiger partial charge on any atom is -0.368 e. The molecule has 5 heteroatoms. The highest BCUT2D eigenvalue weighted by molar-refractivity contribution is 5.88. The molecular formula is C15H18N4O. The molecule has 0 saturated carbocycles. The molecule has 20 heavy (non-hydrogen) atoms. The minimum atomic E-state index is -0.0579. The lowest BCUT2D eigenvalue weighted by molar-refractivity contribution is -0.114. The van der Waals surface area contributed by atoms with E-state index in [4.69, 9.17) is 0 Å². The molecule has 0 fully saturated rings. The van der Waals surface area contributed by atoms with Crippen molar-refractivity contribution in [1.82, 2.24) is 9.97 Å². The van der Waals surface area contributed by atoms with Crippen LogP contribution in [0.1, 0.15) is 18.2 Å². The number of anilines is 2.